The van der Waals surface area contributed by atoms with E-state index in [9.17, 15) is 9.59 Å². The lowest BCUT2D eigenvalue weighted by atomic mass is 9.99. The summed E-state index contributed by atoms with van der Waals surface area (Å²) in [7, 11) is 1.31. The lowest BCUT2D eigenvalue weighted by Crippen LogP contribution is -2.46. The molecule has 0 aliphatic rings. The summed E-state index contributed by atoms with van der Waals surface area (Å²) in [5, 5.41) is 2.63. The SMILES string of the molecule is CCC(C)C(NC(=O)CCN)C(=O)OC. The van der Waals surface area contributed by atoms with E-state index in [4.69, 9.17) is 5.73 Å². The molecule has 3 N–H and O–H groups in total. The predicted octanol–water partition coefficient (Wildman–Crippen LogP) is 0.0391. The summed E-state index contributed by atoms with van der Waals surface area (Å²) in [4.78, 5) is 22.7. The third kappa shape index (κ3) is 4.78. The second kappa shape index (κ2) is 7.23. The highest BCUT2D eigenvalue weighted by atomic mass is 16.5. The van der Waals surface area contributed by atoms with Crippen LogP contribution in [0.3, 0.4) is 0 Å². The lowest BCUT2D eigenvalue weighted by molar-refractivity contribution is -0.146. The van der Waals surface area contributed by atoms with Crippen molar-refractivity contribution in [2.45, 2.75) is 32.7 Å². The van der Waals surface area contributed by atoms with Crippen molar-refractivity contribution in [2.75, 3.05) is 13.7 Å². The predicted molar refractivity (Wildman–Crippen MR) is 57.1 cm³/mol. The zero-order chi connectivity index (χ0) is 11.8. The summed E-state index contributed by atoms with van der Waals surface area (Å²) in [6.45, 7) is 4.13. The topological polar surface area (TPSA) is 81.4 Å². The van der Waals surface area contributed by atoms with Gasteiger partial charge in [-0.15, -0.1) is 0 Å². The Kier molecular flexibility index (Phi) is 6.70. The number of hydrogen-bond acceptors (Lipinski definition) is 4. The van der Waals surface area contributed by atoms with Crippen molar-refractivity contribution < 1.29 is 14.3 Å². The molecular weight excluding hydrogens is 196 g/mol. The summed E-state index contributed by atoms with van der Waals surface area (Å²) in [6, 6.07) is -0.570. The van der Waals surface area contributed by atoms with Crippen LogP contribution in [0.4, 0.5) is 0 Å². The second-order valence-electron chi connectivity index (χ2n) is 3.49. The summed E-state index contributed by atoms with van der Waals surface area (Å²) in [6.07, 6.45) is 1.02. The number of nitrogens with one attached hydrogen (secondary N) is 1. The Bertz CT molecular complexity index is 219. The molecule has 0 saturated heterocycles. The number of carbonyl (C=O) groups is 2. The van der Waals surface area contributed by atoms with E-state index in [1.165, 1.54) is 7.11 Å². The van der Waals surface area contributed by atoms with Gasteiger partial charge in [-0.1, -0.05) is 20.3 Å². The second-order valence-corrected chi connectivity index (χ2v) is 3.49. The molecule has 5 heteroatoms. The van der Waals surface area contributed by atoms with Gasteiger partial charge >= 0.3 is 5.97 Å². The molecule has 0 aromatic rings. The Balaban J connectivity index is 4.37. The zero-order valence-corrected chi connectivity index (χ0v) is 9.58. The van der Waals surface area contributed by atoms with E-state index < -0.39 is 12.0 Å². The first-order valence-electron chi connectivity index (χ1n) is 5.14. The fourth-order valence-electron chi connectivity index (χ4n) is 1.17. The van der Waals surface area contributed by atoms with Crippen LogP contribution in [-0.2, 0) is 14.3 Å². The number of esters is 1. The van der Waals surface area contributed by atoms with E-state index in [1.807, 2.05) is 13.8 Å². The molecule has 0 aliphatic heterocycles. The van der Waals surface area contributed by atoms with Crippen molar-refractivity contribution in [3.8, 4) is 0 Å². The van der Waals surface area contributed by atoms with Crippen molar-refractivity contribution in [1.82, 2.24) is 5.32 Å². The molecule has 0 aromatic carbocycles. The lowest BCUT2D eigenvalue weighted by Gasteiger charge is -2.21. The van der Waals surface area contributed by atoms with Crippen molar-refractivity contribution in [3.05, 3.63) is 0 Å². The molecule has 15 heavy (non-hydrogen) atoms. The molecule has 0 aliphatic carbocycles. The van der Waals surface area contributed by atoms with E-state index in [-0.39, 0.29) is 24.8 Å². The Morgan fingerprint density at radius 3 is 2.47 bits per heavy atom. The van der Waals surface area contributed by atoms with Crippen molar-refractivity contribution in [1.29, 1.82) is 0 Å². The largest absolute Gasteiger partial charge is 0.467 e. The molecule has 0 rings (SSSR count). The Morgan fingerprint density at radius 1 is 1.47 bits per heavy atom. The fourth-order valence-corrected chi connectivity index (χ4v) is 1.17. The molecule has 0 saturated carbocycles. The molecule has 0 spiro atoms. The number of methoxy groups -OCH3 is 1. The minimum Gasteiger partial charge on any atom is -0.467 e. The van der Waals surface area contributed by atoms with Gasteiger partial charge in [-0.05, 0) is 5.92 Å². The molecule has 5 nitrogen and oxygen atoms in total. The zero-order valence-electron chi connectivity index (χ0n) is 9.58. The molecule has 88 valence electrons. The molecule has 2 unspecified atom stereocenters. The van der Waals surface area contributed by atoms with Gasteiger partial charge in [-0.25, -0.2) is 4.79 Å². The number of amides is 1. The van der Waals surface area contributed by atoms with Crippen molar-refractivity contribution >= 4 is 11.9 Å². The van der Waals surface area contributed by atoms with Crippen LogP contribution in [0.5, 0.6) is 0 Å². The van der Waals surface area contributed by atoms with Gasteiger partial charge in [0.25, 0.3) is 0 Å². The standard InChI is InChI=1S/C10H20N2O3/c1-4-7(2)9(10(14)15-3)12-8(13)5-6-11/h7,9H,4-6,11H2,1-3H3,(H,12,13). The number of hydrogen-bond donors (Lipinski definition) is 2. The number of rotatable bonds is 6. The molecule has 0 aromatic heterocycles. The fraction of sp³-hybridized carbons (Fsp3) is 0.800. The van der Waals surface area contributed by atoms with E-state index in [0.29, 0.717) is 0 Å². The van der Waals surface area contributed by atoms with Crippen molar-refractivity contribution in [2.24, 2.45) is 11.7 Å². The van der Waals surface area contributed by atoms with Crippen LogP contribution in [0.15, 0.2) is 0 Å². The normalized spacial score (nSPS) is 14.1. The van der Waals surface area contributed by atoms with E-state index in [2.05, 4.69) is 10.1 Å². The minimum atomic E-state index is -0.570. The summed E-state index contributed by atoms with van der Waals surface area (Å²) in [5.74, 6) is -0.568. The maximum Gasteiger partial charge on any atom is 0.328 e. The van der Waals surface area contributed by atoms with Crippen LogP contribution >= 0.6 is 0 Å². The molecule has 0 fully saturated rings. The first-order chi connectivity index (χ1) is 7.06. The first kappa shape index (κ1) is 13.9. The maximum absolute atomic E-state index is 11.4. The quantitative estimate of drug-likeness (QED) is 0.614. The van der Waals surface area contributed by atoms with Gasteiger partial charge in [-0.2, -0.15) is 0 Å². The van der Waals surface area contributed by atoms with Crippen LogP contribution < -0.4 is 11.1 Å². The van der Waals surface area contributed by atoms with E-state index in [1.54, 1.807) is 0 Å². The Labute approximate surface area is 90.4 Å². The van der Waals surface area contributed by atoms with Crippen LogP contribution in [0, 0.1) is 5.92 Å². The van der Waals surface area contributed by atoms with E-state index in [0.717, 1.165) is 6.42 Å². The van der Waals surface area contributed by atoms with Gasteiger partial charge in [0.1, 0.15) is 6.04 Å². The summed E-state index contributed by atoms with van der Waals surface area (Å²) >= 11 is 0. The monoisotopic (exact) mass is 216 g/mol. The molecule has 0 bridgehead atoms. The maximum atomic E-state index is 11.4. The van der Waals surface area contributed by atoms with Gasteiger partial charge in [-0.3, -0.25) is 4.79 Å². The van der Waals surface area contributed by atoms with Gasteiger partial charge in [0.15, 0.2) is 0 Å². The first-order valence-corrected chi connectivity index (χ1v) is 5.14. The van der Waals surface area contributed by atoms with Gasteiger partial charge in [0.2, 0.25) is 5.91 Å². The summed E-state index contributed by atoms with van der Waals surface area (Å²) < 4.78 is 4.63. The smallest absolute Gasteiger partial charge is 0.328 e. The van der Waals surface area contributed by atoms with Crippen LogP contribution in [0.2, 0.25) is 0 Å². The third-order valence-corrected chi connectivity index (χ3v) is 2.36. The number of ether oxygens (including phenoxy) is 1. The molecular formula is C10H20N2O3. The average Bonchev–Trinajstić information content (AvgIpc) is 2.24. The van der Waals surface area contributed by atoms with Gasteiger partial charge < -0.3 is 15.8 Å². The average molecular weight is 216 g/mol. The Hall–Kier alpha value is -1.10. The van der Waals surface area contributed by atoms with Crippen molar-refractivity contribution in [3.63, 3.8) is 0 Å². The minimum absolute atomic E-state index is 0.0548. The highest BCUT2D eigenvalue weighted by molar-refractivity contribution is 5.84. The number of nitrogens with two attached hydrogens (primary N) is 1. The van der Waals surface area contributed by atoms with Crippen LogP contribution in [0.1, 0.15) is 26.7 Å². The Morgan fingerprint density at radius 2 is 2.07 bits per heavy atom. The number of carbonyl (C=O) groups excluding carboxylic acids is 2. The highest BCUT2D eigenvalue weighted by Crippen LogP contribution is 2.09. The van der Waals surface area contributed by atoms with Crippen LogP contribution in [-0.4, -0.2) is 31.6 Å². The van der Waals surface area contributed by atoms with E-state index >= 15 is 0 Å². The molecule has 0 heterocycles. The third-order valence-electron chi connectivity index (χ3n) is 2.36. The highest BCUT2D eigenvalue weighted by Gasteiger charge is 2.26. The molecule has 1 amide bonds. The van der Waals surface area contributed by atoms with Gasteiger partial charge in [0, 0.05) is 13.0 Å². The van der Waals surface area contributed by atoms with Gasteiger partial charge in [0.05, 0.1) is 7.11 Å². The van der Waals surface area contributed by atoms with Crippen LogP contribution in [0.25, 0.3) is 0 Å². The molecule has 0 radical (unpaired) electrons. The summed E-state index contributed by atoms with van der Waals surface area (Å²) in [5.41, 5.74) is 5.25. The molecule has 2 atom stereocenters.